The quantitative estimate of drug-likeness (QED) is 0.907. The summed E-state index contributed by atoms with van der Waals surface area (Å²) in [5, 5.41) is 3.21. The zero-order valence-corrected chi connectivity index (χ0v) is 12.3. The second-order valence-corrected chi connectivity index (χ2v) is 5.72. The molecule has 1 aromatic carbocycles. The smallest absolute Gasteiger partial charge is 0.140 e. The first-order valence-corrected chi connectivity index (χ1v) is 6.97. The van der Waals surface area contributed by atoms with E-state index < -0.39 is 0 Å². The summed E-state index contributed by atoms with van der Waals surface area (Å²) in [5.41, 5.74) is 0.955. The number of Topliss-reactive ketones (excluding diaryl/α,β-unsaturated/α-hetero) is 1. The number of hydrogen-bond acceptors (Lipinski definition) is 3. The Kier molecular flexibility index (Phi) is 4.40. The van der Waals surface area contributed by atoms with Gasteiger partial charge < -0.3 is 10.1 Å². The van der Waals surface area contributed by atoms with Crippen LogP contribution < -0.4 is 10.1 Å². The Morgan fingerprint density at radius 1 is 1.56 bits per heavy atom. The number of nitrogens with one attached hydrogen (secondary N) is 1. The number of carbonyl (C=O) groups is 1. The average molecular weight is 312 g/mol. The van der Waals surface area contributed by atoms with E-state index in [0.717, 1.165) is 28.9 Å². The van der Waals surface area contributed by atoms with Gasteiger partial charge in [0, 0.05) is 22.4 Å². The van der Waals surface area contributed by atoms with Crippen LogP contribution in [-0.4, -0.2) is 26.0 Å². The van der Waals surface area contributed by atoms with Crippen LogP contribution in [0.1, 0.15) is 12.5 Å². The van der Waals surface area contributed by atoms with Gasteiger partial charge in [0.25, 0.3) is 0 Å². The van der Waals surface area contributed by atoms with E-state index in [1.54, 1.807) is 7.11 Å². The van der Waals surface area contributed by atoms with Gasteiger partial charge in [0.15, 0.2) is 0 Å². The number of ketones is 1. The van der Waals surface area contributed by atoms with Crippen LogP contribution in [-0.2, 0) is 11.2 Å². The van der Waals surface area contributed by atoms with Gasteiger partial charge in [0.1, 0.15) is 11.5 Å². The van der Waals surface area contributed by atoms with Gasteiger partial charge in [-0.05, 0) is 37.2 Å². The molecule has 1 heterocycles. The summed E-state index contributed by atoms with van der Waals surface area (Å²) >= 11 is 3.43. The summed E-state index contributed by atoms with van der Waals surface area (Å²) in [6, 6.07) is 5.77. The minimum atomic E-state index is 0.120. The van der Waals surface area contributed by atoms with Crippen LogP contribution in [0.5, 0.6) is 5.75 Å². The molecular formula is C14H18BrNO2. The van der Waals surface area contributed by atoms with Crippen molar-refractivity contribution in [2.75, 3.05) is 20.2 Å². The summed E-state index contributed by atoms with van der Waals surface area (Å²) in [5.74, 6) is 1.69. The van der Waals surface area contributed by atoms with E-state index in [2.05, 4.69) is 21.2 Å². The highest BCUT2D eigenvalue weighted by Gasteiger charge is 2.28. The van der Waals surface area contributed by atoms with Gasteiger partial charge in [-0.15, -0.1) is 0 Å². The number of benzene rings is 1. The molecule has 1 aliphatic heterocycles. The third-order valence-electron chi connectivity index (χ3n) is 3.64. The number of hydrogen-bond donors (Lipinski definition) is 1. The zero-order chi connectivity index (χ0) is 13.1. The van der Waals surface area contributed by atoms with E-state index in [1.807, 2.05) is 25.1 Å². The van der Waals surface area contributed by atoms with Gasteiger partial charge in [0.2, 0.25) is 0 Å². The Balaban J connectivity index is 2.07. The largest absolute Gasteiger partial charge is 0.496 e. The second kappa shape index (κ2) is 5.85. The molecule has 0 saturated carbocycles. The molecule has 0 radical (unpaired) electrons. The lowest BCUT2D eigenvalue weighted by Gasteiger charge is -2.31. The van der Waals surface area contributed by atoms with Crippen molar-refractivity contribution in [2.24, 2.45) is 11.8 Å². The van der Waals surface area contributed by atoms with E-state index in [-0.39, 0.29) is 11.7 Å². The monoisotopic (exact) mass is 311 g/mol. The van der Waals surface area contributed by atoms with Crippen LogP contribution in [0.2, 0.25) is 0 Å². The van der Waals surface area contributed by atoms with Crippen LogP contribution in [0.15, 0.2) is 22.7 Å². The molecule has 1 N–H and O–H groups in total. The highest BCUT2D eigenvalue weighted by atomic mass is 79.9. The predicted octanol–water partition coefficient (Wildman–Crippen LogP) is 2.42. The Labute approximate surface area is 116 Å². The molecule has 1 saturated heterocycles. The van der Waals surface area contributed by atoms with E-state index in [4.69, 9.17) is 4.74 Å². The molecule has 0 amide bonds. The first-order chi connectivity index (χ1) is 8.61. The third kappa shape index (κ3) is 2.93. The molecule has 1 aromatic rings. The van der Waals surface area contributed by atoms with E-state index in [1.165, 1.54) is 0 Å². The molecule has 3 nitrogen and oxygen atoms in total. The minimum Gasteiger partial charge on any atom is -0.496 e. The fraction of sp³-hybridized carbons (Fsp3) is 0.500. The van der Waals surface area contributed by atoms with E-state index in [0.29, 0.717) is 12.3 Å². The highest BCUT2D eigenvalue weighted by molar-refractivity contribution is 9.10. The van der Waals surface area contributed by atoms with Crippen LogP contribution in [0.4, 0.5) is 0 Å². The van der Waals surface area contributed by atoms with Crippen LogP contribution >= 0.6 is 15.9 Å². The summed E-state index contributed by atoms with van der Waals surface area (Å²) in [4.78, 5) is 12.2. The molecule has 0 aromatic heterocycles. The fourth-order valence-corrected chi connectivity index (χ4v) is 2.57. The third-order valence-corrected chi connectivity index (χ3v) is 4.13. The lowest BCUT2D eigenvalue weighted by Crippen LogP contribution is -2.47. The fourth-order valence-electron chi connectivity index (χ4n) is 2.16. The Hall–Kier alpha value is -0.870. The molecule has 0 spiro atoms. The maximum atomic E-state index is 12.2. The second-order valence-electron chi connectivity index (χ2n) is 4.81. The van der Waals surface area contributed by atoms with Gasteiger partial charge >= 0.3 is 0 Å². The Morgan fingerprint density at radius 2 is 2.28 bits per heavy atom. The highest BCUT2D eigenvalue weighted by Crippen LogP contribution is 2.26. The molecule has 4 heteroatoms. The van der Waals surface area contributed by atoms with Crippen molar-refractivity contribution in [3.8, 4) is 5.75 Å². The van der Waals surface area contributed by atoms with Crippen molar-refractivity contribution in [2.45, 2.75) is 13.3 Å². The molecule has 1 unspecified atom stereocenters. The number of carbonyl (C=O) groups excluding carboxylic acids is 1. The topological polar surface area (TPSA) is 38.3 Å². The molecule has 18 heavy (non-hydrogen) atoms. The summed E-state index contributed by atoms with van der Waals surface area (Å²) in [6.45, 7) is 3.95. The van der Waals surface area contributed by atoms with E-state index in [9.17, 15) is 4.79 Å². The van der Waals surface area contributed by atoms with E-state index >= 15 is 0 Å². The summed E-state index contributed by atoms with van der Waals surface area (Å²) < 4.78 is 6.27. The first-order valence-electron chi connectivity index (χ1n) is 6.17. The minimum absolute atomic E-state index is 0.120. The van der Waals surface area contributed by atoms with Crippen LogP contribution in [0.3, 0.4) is 0 Å². The molecular weight excluding hydrogens is 294 g/mol. The maximum Gasteiger partial charge on any atom is 0.140 e. The van der Waals surface area contributed by atoms with Crippen molar-refractivity contribution < 1.29 is 9.53 Å². The lowest BCUT2D eigenvalue weighted by molar-refractivity contribution is -0.123. The van der Waals surface area contributed by atoms with Gasteiger partial charge in [0.05, 0.1) is 7.11 Å². The van der Waals surface area contributed by atoms with Gasteiger partial charge in [-0.1, -0.05) is 22.9 Å². The molecule has 0 aliphatic carbocycles. The van der Waals surface area contributed by atoms with Gasteiger partial charge in [-0.2, -0.15) is 0 Å². The normalized spacial score (nSPS) is 17.1. The van der Waals surface area contributed by atoms with Crippen molar-refractivity contribution in [3.63, 3.8) is 0 Å². The number of rotatable bonds is 5. The van der Waals surface area contributed by atoms with Crippen molar-refractivity contribution in [1.82, 2.24) is 5.32 Å². The average Bonchev–Trinajstić information content (AvgIpc) is 2.27. The maximum absolute atomic E-state index is 12.2. The van der Waals surface area contributed by atoms with Crippen molar-refractivity contribution in [3.05, 3.63) is 28.2 Å². The standard InChI is InChI=1S/C14H18BrNO2/c1-9(11-7-16-8-11)13(17)6-10-5-12(15)3-4-14(10)18-2/h3-5,9,11,16H,6-8H2,1-2H3. The van der Waals surface area contributed by atoms with Crippen molar-refractivity contribution in [1.29, 1.82) is 0 Å². The Bertz CT molecular complexity index is 443. The first kappa shape index (κ1) is 13.6. The number of methoxy groups -OCH3 is 1. The SMILES string of the molecule is COc1ccc(Br)cc1CC(=O)C(C)C1CNC1. The molecule has 98 valence electrons. The van der Waals surface area contributed by atoms with Crippen LogP contribution in [0, 0.1) is 11.8 Å². The molecule has 2 rings (SSSR count). The molecule has 1 fully saturated rings. The predicted molar refractivity (Wildman–Crippen MR) is 74.9 cm³/mol. The summed E-state index contributed by atoms with van der Waals surface area (Å²) in [6.07, 6.45) is 0.445. The molecule has 0 bridgehead atoms. The lowest BCUT2D eigenvalue weighted by atomic mass is 9.84. The van der Waals surface area contributed by atoms with Gasteiger partial charge in [-0.25, -0.2) is 0 Å². The van der Waals surface area contributed by atoms with Crippen molar-refractivity contribution >= 4 is 21.7 Å². The van der Waals surface area contributed by atoms with Gasteiger partial charge in [-0.3, -0.25) is 4.79 Å². The van der Waals surface area contributed by atoms with Crippen LogP contribution in [0.25, 0.3) is 0 Å². The molecule has 1 atom stereocenters. The Morgan fingerprint density at radius 3 is 2.83 bits per heavy atom. The number of halogens is 1. The summed E-state index contributed by atoms with van der Waals surface area (Å²) in [7, 11) is 1.64. The molecule has 1 aliphatic rings. The zero-order valence-electron chi connectivity index (χ0n) is 10.7. The number of ether oxygens (including phenoxy) is 1.